The molecule has 0 saturated heterocycles. The van der Waals surface area contributed by atoms with E-state index in [2.05, 4.69) is 41.5 Å². The molecule has 5 aromatic rings. The van der Waals surface area contributed by atoms with E-state index < -0.39 is 40.5 Å². The Morgan fingerprint density at radius 2 is 1.02 bits per heavy atom. The molecule has 0 fully saturated rings. The molecule has 0 amide bonds. The molecule has 236 valence electrons. The molecule has 0 aromatic heterocycles. The Balaban J connectivity index is 1.61. The third kappa shape index (κ3) is 7.43. The molecule has 0 aliphatic rings. The topological polar surface area (TPSA) is 86.7 Å². The van der Waals surface area contributed by atoms with E-state index in [1.807, 2.05) is 48.5 Å². The molecular formula is C36H37IO6S2. The molecule has 0 unspecified atom stereocenters. The molecular weight excluding hydrogens is 719 g/mol. The Morgan fingerprint density at radius 3 is 1.51 bits per heavy atom. The van der Waals surface area contributed by atoms with E-state index in [0.717, 1.165) is 18.3 Å². The van der Waals surface area contributed by atoms with E-state index in [1.165, 1.54) is 24.3 Å². The molecule has 45 heavy (non-hydrogen) atoms. The molecule has 5 rings (SSSR count). The SMILES string of the molecule is CC(C)(C)c1ccc(I(OS(=O)(=O)c2cccc3cccc(OS(=O)(=O)c4ccccc4)c23)c2ccc(C(C)(C)C)cc2)cc1. The molecule has 0 spiro atoms. The van der Waals surface area contributed by atoms with Gasteiger partial charge in [-0.15, -0.1) is 0 Å². The van der Waals surface area contributed by atoms with Crippen LogP contribution in [0.2, 0.25) is 0 Å². The molecule has 0 atom stereocenters. The van der Waals surface area contributed by atoms with Gasteiger partial charge in [0.25, 0.3) is 0 Å². The van der Waals surface area contributed by atoms with Crippen molar-refractivity contribution in [2.75, 3.05) is 0 Å². The van der Waals surface area contributed by atoms with Gasteiger partial charge in [0.2, 0.25) is 0 Å². The summed E-state index contributed by atoms with van der Waals surface area (Å²) < 4.78 is 68.3. The van der Waals surface area contributed by atoms with E-state index in [9.17, 15) is 16.8 Å². The van der Waals surface area contributed by atoms with Gasteiger partial charge in [0, 0.05) is 0 Å². The molecule has 0 aliphatic heterocycles. The second kappa shape index (κ2) is 12.5. The van der Waals surface area contributed by atoms with Crippen molar-refractivity contribution < 1.29 is 23.5 Å². The fraction of sp³-hybridized carbons (Fsp3) is 0.222. The number of halogens is 1. The normalized spacial score (nSPS) is 13.1. The Labute approximate surface area is 274 Å². The van der Waals surface area contributed by atoms with Crippen LogP contribution in [0.25, 0.3) is 10.8 Å². The van der Waals surface area contributed by atoms with E-state index in [0.29, 0.717) is 5.39 Å². The van der Waals surface area contributed by atoms with Crippen molar-refractivity contribution in [1.29, 1.82) is 0 Å². The van der Waals surface area contributed by atoms with E-state index in [4.69, 9.17) is 6.70 Å². The molecule has 5 aromatic carbocycles. The number of rotatable bonds is 8. The van der Waals surface area contributed by atoms with Crippen molar-refractivity contribution >= 4 is 51.2 Å². The molecule has 0 N–H and O–H groups in total. The van der Waals surface area contributed by atoms with Crippen molar-refractivity contribution in [3.63, 3.8) is 0 Å². The maximum absolute atomic E-state index is 14.3. The summed E-state index contributed by atoms with van der Waals surface area (Å²) in [5.74, 6) is -0.0939. The second-order valence-corrected chi connectivity index (χ2v) is 20.8. The van der Waals surface area contributed by atoms with Gasteiger partial charge in [-0.05, 0) is 0 Å². The van der Waals surface area contributed by atoms with Crippen LogP contribution in [0.15, 0.2) is 125 Å². The Hall–Kier alpha value is -3.25. The summed E-state index contributed by atoms with van der Waals surface area (Å²) in [7, 11) is -8.64. The number of hydrogen-bond acceptors (Lipinski definition) is 6. The average Bonchev–Trinajstić information content (AvgIpc) is 2.99. The zero-order valence-electron chi connectivity index (χ0n) is 26.1. The first-order chi connectivity index (χ1) is 21.1. The van der Waals surface area contributed by atoms with Crippen molar-refractivity contribution in [2.45, 2.75) is 62.2 Å². The van der Waals surface area contributed by atoms with Gasteiger partial charge in [0.15, 0.2) is 0 Å². The molecule has 6 nitrogen and oxygen atoms in total. The van der Waals surface area contributed by atoms with Crippen molar-refractivity contribution in [3.05, 3.63) is 134 Å². The summed E-state index contributed by atoms with van der Waals surface area (Å²) in [4.78, 5) is -0.191. The summed E-state index contributed by atoms with van der Waals surface area (Å²) in [5, 5.41) is 0.645. The van der Waals surface area contributed by atoms with Crippen LogP contribution < -0.4 is 4.18 Å². The van der Waals surface area contributed by atoms with Gasteiger partial charge in [0.05, 0.1) is 0 Å². The maximum atomic E-state index is 14.3. The molecule has 0 saturated carbocycles. The van der Waals surface area contributed by atoms with Crippen molar-refractivity contribution in [1.82, 2.24) is 0 Å². The van der Waals surface area contributed by atoms with E-state index in [1.54, 1.807) is 42.5 Å². The van der Waals surface area contributed by atoms with Gasteiger partial charge in [0.1, 0.15) is 0 Å². The molecule has 0 radical (unpaired) electrons. The average molecular weight is 757 g/mol. The molecule has 0 bridgehead atoms. The third-order valence-corrected chi connectivity index (χ3v) is 15.9. The van der Waals surface area contributed by atoms with Crippen LogP contribution in [0.3, 0.4) is 0 Å². The summed E-state index contributed by atoms with van der Waals surface area (Å²) in [6, 6.07) is 33.2. The fourth-order valence-electron chi connectivity index (χ4n) is 4.75. The van der Waals surface area contributed by atoms with Crippen LogP contribution in [0, 0.1) is 7.14 Å². The van der Waals surface area contributed by atoms with Crippen LogP contribution in [0.5, 0.6) is 5.75 Å². The monoisotopic (exact) mass is 756 g/mol. The first kappa shape index (κ1) is 33.1. The Morgan fingerprint density at radius 1 is 0.533 bits per heavy atom. The van der Waals surface area contributed by atoms with Crippen molar-refractivity contribution in [3.8, 4) is 5.75 Å². The minimum absolute atomic E-state index is 0.0376. The van der Waals surface area contributed by atoms with Gasteiger partial charge < -0.3 is 0 Å². The predicted molar refractivity (Wildman–Crippen MR) is 188 cm³/mol. The third-order valence-electron chi connectivity index (χ3n) is 7.29. The standard InChI is InChI=1S/C36H37IO6S2/c1-35(2,3)27-18-22-29(23-19-27)37(30-24-20-28(21-25-30)36(4,5)6)43-45(40,41)33-17-11-13-26-12-10-16-32(34(26)33)42-44(38,39)31-14-8-7-9-15-31/h7-25H,1-6H3. The van der Waals surface area contributed by atoms with Gasteiger partial charge in [-0.3, -0.25) is 0 Å². The van der Waals surface area contributed by atoms with Crippen LogP contribution in [-0.2, 0) is 33.6 Å². The van der Waals surface area contributed by atoms with Gasteiger partial charge in [-0.2, -0.15) is 0 Å². The Bertz CT molecular complexity index is 1960. The summed E-state index contributed by atoms with van der Waals surface area (Å²) in [6.45, 7) is 12.8. The van der Waals surface area contributed by atoms with Gasteiger partial charge in [-0.1, -0.05) is 0 Å². The van der Waals surface area contributed by atoms with E-state index >= 15 is 0 Å². The van der Waals surface area contributed by atoms with Crippen molar-refractivity contribution in [2.24, 2.45) is 0 Å². The number of benzene rings is 5. The summed E-state index contributed by atoms with van der Waals surface area (Å²) in [6.07, 6.45) is 0. The number of fused-ring (bicyclic) bond motifs is 1. The first-order valence-corrected chi connectivity index (χ1v) is 20.3. The molecule has 9 heteroatoms. The Kier molecular flexibility index (Phi) is 9.21. The predicted octanol–water partition coefficient (Wildman–Crippen LogP) is 9.07. The molecule has 0 heterocycles. The van der Waals surface area contributed by atoms with Crippen LogP contribution in [-0.4, -0.2) is 16.8 Å². The zero-order chi connectivity index (χ0) is 32.6. The second-order valence-electron chi connectivity index (χ2n) is 12.7. The van der Waals surface area contributed by atoms with Crippen LogP contribution in [0.4, 0.5) is 0 Å². The van der Waals surface area contributed by atoms with Crippen LogP contribution >= 0.6 is 20.2 Å². The molecule has 0 aliphatic carbocycles. The van der Waals surface area contributed by atoms with Gasteiger partial charge in [-0.25, -0.2) is 0 Å². The van der Waals surface area contributed by atoms with Gasteiger partial charge >= 0.3 is 276 Å². The number of hydrogen-bond donors (Lipinski definition) is 0. The van der Waals surface area contributed by atoms with E-state index in [-0.39, 0.29) is 31.8 Å². The van der Waals surface area contributed by atoms with Crippen LogP contribution in [0.1, 0.15) is 52.7 Å². The summed E-state index contributed by atoms with van der Waals surface area (Å²) in [5.41, 5.74) is 2.11. The fourth-order valence-corrected chi connectivity index (χ4v) is 12.8. The summed E-state index contributed by atoms with van der Waals surface area (Å²) >= 11 is -3.07. The zero-order valence-corrected chi connectivity index (χ0v) is 29.9. The quantitative estimate of drug-likeness (QED) is 0.116. The first-order valence-electron chi connectivity index (χ1n) is 14.4. The minimum atomic E-state index is -4.41.